The molecule has 3 heteroatoms. The molecule has 0 atom stereocenters. The molecule has 1 N–H and O–H groups in total. The van der Waals surface area contributed by atoms with Crippen LogP contribution in [0.3, 0.4) is 0 Å². The molecule has 0 spiro atoms. The molecule has 0 bridgehead atoms. The van der Waals surface area contributed by atoms with Gasteiger partial charge in [-0.15, -0.1) is 0 Å². The van der Waals surface area contributed by atoms with Crippen LogP contribution in [0.4, 0.5) is 0 Å². The Morgan fingerprint density at radius 2 is 1.68 bits per heavy atom. The second-order valence-corrected chi connectivity index (χ2v) is 6.18. The summed E-state index contributed by atoms with van der Waals surface area (Å²) >= 11 is 0. The van der Waals surface area contributed by atoms with E-state index < -0.39 is 0 Å². The summed E-state index contributed by atoms with van der Waals surface area (Å²) in [5.74, 6) is 1.71. The second kappa shape index (κ2) is 7.84. The number of nitrogens with one attached hydrogen (secondary N) is 1. The van der Waals surface area contributed by atoms with Gasteiger partial charge in [-0.2, -0.15) is 0 Å². The number of hydrogen-bond acceptors (Lipinski definition) is 2. The molecule has 0 aliphatic heterocycles. The van der Waals surface area contributed by atoms with Crippen LogP contribution in [0.25, 0.3) is 10.8 Å². The Morgan fingerprint density at radius 3 is 2.48 bits per heavy atom. The molecule has 3 aromatic carbocycles. The van der Waals surface area contributed by atoms with Crippen LogP contribution in [0, 0.1) is 0 Å². The van der Waals surface area contributed by atoms with Gasteiger partial charge >= 0.3 is 0 Å². The molecule has 0 saturated carbocycles. The predicted molar refractivity (Wildman–Crippen MR) is 102 cm³/mol. The van der Waals surface area contributed by atoms with Crippen molar-refractivity contribution >= 4 is 16.7 Å². The highest BCUT2D eigenvalue weighted by molar-refractivity contribution is 5.84. The number of aryl methyl sites for hydroxylation is 1. The largest absolute Gasteiger partial charge is 0.457 e. The van der Waals surface area contributed by atoms with Crippen LogP contribution in [0.2, 0.25) is 0 Å². The third-order valence-corrected chi connectivity index (χ3v) is 4.21. The summed E-state index contributed by atoms with van der Waals surface area (Å²) in [6.07, 6.45) is 1.83. The molecule has 1 amide bonds. The van der Waals surface area contributed by atoms with Gasteiger partial charge in [0.1, 0.15) is 11.5 Å². The third kappa shape index (κ3) is 4.60. The SMILES string of the molecule is CCc1cccc(Oc2ccc3cc(CCNC(C)=O)ccc3c2)c1. The normalized spacial score (nSPS) is 10.6. The highest BCUT2D eigenvalue weighted by Crippen LogP contribution is 2.27. The fourth-order valence-electron chi connectivity index (χ4n) is 2.84. The zero-order valence-corrected chi connectivity index (χ0v) is 14.7. The maximum absolute atomic E-state index is 10.9. The smallest absolute Gasteiger partial charge is 0.216 e. The molecule has 128 valence electrons. The van der Waals surface area contributed by atoms with Crippen molar-refractivity contribution in [3.05, 3.63) is 71.8 Å². The first kappa shape index (κ1) is 17.0. The maximum atomic E-state index is 10.9. The molecule has 0 radical (unpaired) electrons. The Kier molecular flexibility index (Phi) is 5.34. The van der Waals surface area contributed by atoms with Crippen LogP contribution >= 0.6 is 0 Å². The van der Waals surface area contributed by atoms with E-state index in [0.29, 0.717) is 6.54 Å². The van der Waals surface area contributed by atoms with Gasteiger partial charge in [-0.05, 0) is 59.0 Å². The lowest BCUT2D eigenvalue weighted by molar-refractivity contribution is -0.118. The van der Waals surface area contributed by atoms with Gasteiger partial charge in [0.25, 0.3) is 0 Å². The van der Waals surface area contributed by atoms with Crippen molar-refractivity contribution in [2.45, 2.75) is 26.7 Å². The lowest BCUT2D eigenvalue weighted by atomic mass is 10.0. The first-order valence-corrected chi connectivity index (χ1v) is 8.68. The van der Waals surface area contributed by atoms with Crippen LogP contribution in [-0.2, 0) is 17.6 Å². The van der Waals surface area contributed by atoms with Crippen molar-refractivity contribution in [2.75, 3.05) is 6.54 Å². The molecule has 0 aromatic heterocycles. The Balaban J connectivity index is 1.74. The maximum Gasteiger partial charge on any atom is 0.216 e. The van der Waals surface area contributed by atoms with Gasteiger partial charge in [-0.3, -0.25) is 4.79 Å². The first-order chi connectivity index (χ1) is 12.1. The Morgan fingerprint density at radius 1 is 0.920 bits per heavy atom. The topological polar surface area (TPSA) is 38.3 Å². The van der Waals surface area contributed by atoms with E-state index in [4.69, 9.17) is 4.74 Å². The van der Waals surface area contributed by atoms with E-state index in [-0.39, 0.29) is 5.91 Å². The zero-order chi connectivity index (χ0) is 17.6. The fourth-order valence-corrected chi connectivity index (χ4v) is 2.84. The van der Waals surface area contributed by atoms with Crippen molar-refractivity contribution in [2.24, 2.45) is 0 Å². The molecule has 0 heterocycles. The van der Waals surface area contributed by atoms with Crippen LogP contribution in [0.1, 0.15) is 25.0 Å². The first-order valence-electron chi connectivity index (χ1n) is 8.68. The molecule has 3 nitrogen and oxygen atoms in total. The van der Waals surface area contributed by atoms with Crippen molar-refractivity contribution in [3.8, 4) is 11.5 Å². The van der Waals surface area contributed by atoms with E-state index in [2.05, 4.69) is 54.7 Å². The molecule has 3 aromatic rings. The van der Waals surface area contributed by atoms with E-state index >= 15 is 0 Å². The zero-order valence-electron chi connectivity index (χ0n) is 14.7. The minimum atomic E-state index is 0.00900. The quantitative estimate of drug-likeness (QED) is 0.698. The van der Waals surface area contributed by atoms with E-state index in [1.165, 1.54) is 23.4 Å². The summed E-state index contributed by atoms with van der Waals surface area (Å²) in [6.45, 7) is 4.34. The lowest BCUT2D eigenvalue weighted by Gasteiger charge is -2.09. The molecular weight excluding hydrogens is 310 g/mol. The van der Waals surface area contributed by atoms with E-state index in [0.717, 1.165) is 29.7 Å². The summed E-state index contributed by atoms with van der Waals surface area (Å²) in [5, 5.41) is 5.15. The average Bonchev–Trinajstić information content (AvgIpc) is 2.61. The third-order valence-electron chi connectivity index (χ3n) is 4.21. The second-order valence-electron chi connectivity index (χ2n) is 6.18. The molecule has 0 aliphatic carbocycles. The summed E-state index contributed by atoms with van der Waals surface area (Å²) in [7, 11) is 0. The van der Waals surface area contributed by atoms with Gasteiger partial charge in [-0.1, -0.05) is 43.3 Å². The highest BCUT2D eigenvalue weighted by Gasteiger charge is 2.02. The predicted octanol–water partition coefficient (Wildman–Crippen LogP) is 4.87. The molecular formula is C22H23NO2. The summed E-state index contributed by atoms with van der Waals surface area (Å²) < 4.78 is 6.00. The summed E-state index contributed by atoms with van der Waals surface area (Å²) in [4.78, 5) is 10.9. The van der Waals surface area contributed by atoms with E-state index in [9.17, 15) is 4.79 Å². The average molecular weight is 333 g/mol. The molecule has 0 aliphatic rings. The van der Waals surface area contributed by atoms with Gasteiger partial charge in [0, 0.05) is 13.5 Å². The van der Waals surface area contributed by atoms with Crippen LogP contribution in [0.5, 0.6) is 11.5 Å². The van der Waals surface area contributed by atoms with Crippen molar-refractivity contribution < 1.29 is 9.53 Å². The fraction of sp³-hybridized carbons (Fsp3) is 0.227. The minimum absolute atomic E-state index is 0.00900. The Hall–Kier alpha value is -2.81. The number of carbonyl (C=O) groups excluding carboxylic acids is 1. The van der Waals surface area contributed by atoms with Gasteiger partial charge in [0.2, 0.25) is 5.91 Å². The molecule has 0 saturated heterocycles. The van der Waals surface area contributed by atoms with Crippen LogP contribution < -0.4 is 10.1 Å². The highest BCUT2D eigenvalue weighted by atomic mass is 16.5. The number of rotatable bonds is 6. The Labute approximate surface area is 148 Å². The van der Waals surface area contributed by atoms with Gasteiger partial charge < -0.3 is 10.1 Å². The molecule has 0 fully saturated rings. The summed E-state index contributed by atoms with van der Waals surface area (Å²) in [5.41, 5.74) is 2.48. The number of benzene rings is 3. The number of ether oxygens (including phenoxy) is 1. The molecule has 3 rings (SSSR count). The minimum Gasteiger partial charge on any atom is -0.457 e. The van der Waals surface area contributed by atoms with Gasteiger partial charge in [0.15, 0.2) is 0 Å². The monoisotopic (exact) mass is 333 g/mol. The number of fused-ring (bicyclic) bond motifs is 1. The van der Waals surface area contributed by atoms with Crippen LogP contribution in [-0.4, -0.2) is 12.5 Å². The lowest BCUT2D eigenvalue weighted by Crippen LogP contribution is -2.22. The number of amides is 1. The van der Waals surface area contributed by atoms with E-state index in [1.54, 1.807) is 0 Å². The van der Waals surface area contributed by atoms with Crippen molar-refractivity contribution in [3.63, 3.8) is 0 Å². The molecule has 25 heavy (non-hydrogen) atoms. The Bertz CT molecular complexity index is 886. The van der Waals surface area contributed by atoms with Crippen LogP contribution in [0.15, 0.2) is 60.7 Å². The van der Waals surface area contributed by atoms with Crippen molar-refractivity contribution in [1.82, 2.24) is 5.32 Å². The molecule has 0 unspecified atom stereocenters. The number of carbonyl (C=O) groups is 1. The summed E-state index contributed by atoms with van der Waals surface area (Å²) in [6, 6.07) is 20.7. The van der Waals surface area contributed by atoms with E-state index in [1.807, 2.05) is 18.2 Å². The van der Waals surface area contributed by atoms with Gasteiger partial charge in [0.05, 0.1) is 0 Å². The number of hydrogen-bond donors (Lipinski definition) is 1. The van der Waals surface area contributed by atoms with Crippen molar-refractivity contribution in [1.29, 1.82) is 0 Å². The standard InChI is InChI=1S/C22H23NO2/c1-3-17-5-4-6-21(14-17)25-22-10-9-19-13-18(7-8-20(19)15-22)11-12-23-16(2)24/h4-10,13-15H,3,11-12H2,1-2H3,(H,23,24). The van der Waals surface area contributed by atoms with Gasteiger partial charge in [-0.25, -0.2) is 0 Å².